The maximum Gasteiger partial charge on any atom is 0.303 e. The van der Waals surface area contributed by atoms with E-state index in [0.717, 1.165) is 12.8 Å². The number of carboxylic acids is 1. The minimum absolute atomic E-state index is 0.00661. The van der Waals surface area contributed by atoms with Crippen molar-refractivity contribution in [1.29, 1.82) is 0 Å². The first-order valence-corrected chi connectivity index (χ1v) is 9.50. The van der Waals surface area contributed by atoms with Gasteiger partial charge in [-0.1, -0.05) is 72.7 Å². The molecule has 154 valence electrons. The van der Waals surface area contributed by atoms with Crippen LogP contribution in [0.1, 0.15) is 37.7 Å². The molecule has 0 radical (unpaired) electrons. The third kappa shape index (κ3) is 15.7. The summed E-state index contributed by atoms with van der Waals surface area (Å²) >= 11 is 0. The molecular weight excluding hydrogens is 364 g/mol. The monoisotopic (exact) mass is 394 g/mol. The molecule has 4 heteroatoms. The predicted molar refractivity (Wildman–Crippen MR) is 118 cm³/mol. The molecule has 1 aromatic rings. The van der Waals surface area contributed by atoms with Crippen LogP contribution in [-0.4, -0.2) is 33.5 Å². The minimum Gasteiger partial charge on any atom is -0.481 e. The van der Waals surface area contributed by atoms with Gasteiger partial charge in [-0.05, 0) is 24.8 Å². The Hall–Kier alpha value is -3.05. The molecule has 0 heterocycles. The molecule has 0 fully saturated rings. The molecular formula is C25H30O4. The molecule has 0 aliphatic heterocycles. The lowest BCUT2D eigenvalue weighted by Gasteiger charge is -2.13. The van der Waals surface area contributed by atoms with Crippen LogP contribution in [0.4, 0.5) is 0 Å². The quantitative estimate of drug-likeness (QED) is 0.393. The molecule has 0 bridgehead atoms. The minimum atomic E-state index is -0.997. The number of hydrogen-bond acceptors (Lipinski definition) is 3. The maximum atomic E-state index is 10.4. The molecule has 0 amide bonds. The maximum absolute atomic E-state index is 10.4. The summed E-state index contributed by atoms with van der Waals surface area (Å²) in [5.41, 5.74) is 1.30. The third-order valence-electron chi connectivity index (χ3n) is 3.79. The van der Waals surface area contributed by atoms with Crippen LogP contribution in [0.25, 0.3) is 0 Å². The van der Waals surface area contributed by atoms with E-state index in [-0.39, 0.29) is 12.8 Å². The highest BCUT2D eigenvalue weighted by atomic mass is 16.4. The van der Waals surface area contributed by atoms with Crippen molar-refractivity contribution in [3.05, 3.63) is 72.4 Å². The van der Waals surface area contributed by atoms with E-state index in [1.54, 1.807) is 12.2 Å². The highest BCUT2D eigenvalue weighted by Crippen LogP contribution is 2.06. The van der Waals surface area contributed by atoms with Crippen LogP contribution in [0.15, 0.2) is 66.8 Å². The van der Waals surface area contributed by atoms with E-state index in [2.05, 4.69) is 36.8 Å². The Bertz CT molecular complexity index is 717. The predicted octanol–water partition coefficient (Wildman–Crippen LogP) is 3.91. The molecule has 0 saturated carbocycles. The van der Waals surface area contributed by atoms with Crippen LogP contribution in [0, 0.1) is 24.7 Å². The van der Waals surface area contributed by atoms with Gasteiger partial charge in [-0.25, -0.2) is 0 Å². The number of hydrogen-bond donors (Lipinski definition) is 3. The second kappa shape index (κ2) is 18.3. The van der Waals surface area contributed by atoms with Gasteiger partial charge in [0.2, 0.25) is 0 Å². The number of carbonyl (C=O) groups is 1. The summed E-state index contributed by atoms with van der Waals surface area (Å²) in [6, 6.07) is 10.3. The van der Waals surface area contributed by atoms with Gasteiger partial charge < -0.3 is 15.3 Å². The normalized spacial score (nSPS) is 12.8. The van der Waals surface area contributed by atoms with Gasteiger partial charge in [0, 0.05) is 19.3 Å². The summed E-state index contributed by atoms with van der Waals surface area (Å²) in [5, 5.41) is 28.0. The number of aliphatic carboxylic acids is 1. The van der Waals surface area contributed by atoms with E-state index in [1.165, 1.54) is 11.6 Å². The average Bonchev–Trinajstić information content (AvgIpc) is 2.73. The smallest absolute Gasteiger partial charge is 0.303 e. The lowest BCUT2D eigenvalue weighted by atomic mass is 10.1. The molecule has 2 atom stereocenters. The van der Waals surface area contributed by atoms with Gasteiger partial charge >= 0.3 is 5.97 Å². The van der Waals surface area contributed by atoms with Crippen LogP contribution in [-0.2, 0) is 11.2 Å². The molecule has 0 aliphatic rings. The Labute approximate surface area is 174 Å². The van der Waals surface area contributed by atoms with Gasteiger partial charge in [-0.2, -0.15) is 0 Å². The van der Waals surface area contributed by atoms with Gasteiger partial charge in [0.15, 0.2) is 0 Å². The van der Waals surface area contributed by atoms with Crippen LogP contribution < -0.4 is 0 Å². The second-order valence-corrected chi connectivity index (χ2v) is 6.09. The van der Waals surface area contributed by atoms with Gasteiger partial charge in [0.05, 0.1) is 12.2 Å². The molecule has 1 aromatic carbocycles. The van der Waals surface area contributed by atoms with E-state index in [4.69, 9.17) is 5.11 Å². The molecule has 0 aliphatic carbocycles. The fourth-order valence-electron chi connectivity index (χ4n) is 2.29. The largest absolute Gasteiger partial charge is 0.481 e. The number of allylic oxidation sites excluding steroid dienone is 5. The number of aryl methyl sites for hydroxylation is 1. The van der Waals surface area contributed by atoms with Gasteiger partial charge in [-0.15, -0.1) is 18.8 Å². The van der Waals surface area contributed by atoms with Crippen molar-refractivity contribution in [3.63, 3.8) is 0 Å². The lowest BCUT2D eigenvalue weighted by Crippen LogP contribution is -2.23. The van der Waals surface area contributed by atoms with Crippen LogP contribution in [0.2, 0.25) is 0 Å². The second-order valence-electron chi connectivity index (χ2n) is 6.09. The lowest BCUT2D eigenvalue weighted by molar-refractivity contribution is -0.137. The first-order valence-electron chi connectivity index (χ1n) is 9.50. The van der Waals surface area contributed by atoms with Crippen LogP contribution in [0.5, 0.6) is 0 Å². The number of terminal acetylenes is 1. The zero-order chi connectivity index (χ0) is 21.7. The molecule has 29 heavy (non-hydrogen) atoms. The van der Waals surface area contributed by atoms with Gasteiger partial charge in [-0.3, -0.25) is 4.79 Å². The molecule has 3 N–H and O–H groups in total. The van der Waals surface area contributed by atoms with Gasteiger partial charge in [0.25, 0.3) is 0 Å². The van der Waals surface area contributed by atoms with E-state index in [1.807, 2.05) is 36.4 Å². The summed E-state index contributed by atoms with van der Waals surface area (Å²) in [4.78, 5) is 10.4. The third-order valence-corrected chi connectivity index (χ3v) is 3.79. The van der Waals surface area contributed by atoms with Crippen molar-refractivity contribution < 1.29 is 20.1 Å². The summed E-state index contributed by atoms with van der Waals surface area (Å²) in [5.74, 6) is 5.35. The molecule has 4 nitrogen and oxygen atoms in total. The van der Waals surface area contributed by atoms with Crippen molar-refractivity contribution in [1.82, 2.24) is 0 Å². The summed E-state index contributed by atoms with van der Waals surface area (Å²) in [7, 11) is 0. The molecule has 1 rings (SSSR count). The van der Waals surface area contributed by atoms with Gasteiger partial charge in [0.1, 0.15) is 0 Å². The summed E-state index contributed by atoms with van der Waals surface area (Å²) in [6.45, 7) is 0. The Balaban J connectivity index is 0.00000379. The van der Waals surface area contributed by atoms with Crippen molar-refractivity contribution in [2.24, 2.45) is 0 Å². The van der Waals surface area contributed by atoms with Crippen molar-refractivity contribution in [2.45, 2.75) is 50.7 Å². The van der Waals surface area contributed by atoms with Crippen molar-refractivity contribution >= 4 is 5.97 Å². The number of benzene rings is 1. The first kappa shape index (κ1) is 26.0. The van der Waals surface area contributed by atoms with Crippen LogP contribution in [0.3, 0.4) is 0 Å². The van der Waals surface area contributed by atoms with E-state index < -0.39 is 18.2 Å². The number of carboxylic acid groups (broad SMARTS) is 1. The Kier molecular flexibility index (Phi) is 16.4. The van der Waals surface area contributed by atoms with Crippen molar-refractivity contribution in [2.75, 3.05) is 0 Å². The molecule has 0 aromatic heterocycles. The Morgan fingerprint density at radius 1 is 1.03 bits per heavy atom. The summed E-state index contributed by atoms with van der Waals surface area (Å²) < 4.78 is 0. The highest BCUT2D eigenvalue weighted by Gasteiger charge is 2.12. The first-order chi connectivity index (χ1) is 14.1. The van der Waals surface area contributed by atoms with Crippen LogP contribution >= 0.6 is 0 Å². The Morgan fingerprint density at radius 3 is 2.41 bits per heavy atom. The fourth-order valence-corrected chi connectivity index (χ4v) is 2.29. The standard InChI is InChI=1S/C23H28O4.C2H2/c24-21(22(25)18-13-19-23(26)27)17-12-7-5-3-1-2-4-6-9-14-20-15-10-8-11-16-20;1-2/h1,3,5,7-8,10-12,15-17,21-22,24-25H,2,9,13-14,18-19H2,(H,26,27);1-2H/b3-1-,7-5+,17-12+;/t21-,22+;/m1./s1. The SMILES string of the molecule is C#C.O=C(O)CCC[C@H](O)[C@H](O)/C=C/C=C/C=C\CC#CCCc1ccccc1. The summed E-state index contributed by atoms with van der Waals surface area (Å²) in [6.07, 6.45) is 19.7. The fraction of sp³-hybridized carbons (Fsp3) is 0.320. The number of rotatable bonds is 11. The van der Waals surface area contributed by atoms with Crippen molar-refractivity contribution in [3.8, 4) is 24.7 Å². The van der Waals surface area contributed by atoms with E-state index in [0.29, 0.717) is 12.8 Å². The number of aliphatic hydroxyl groups is 2. The molecule has 0 spiro atoms. The zero-order valence-corrected chi connectivity index (χ0v) is 16.7. The highest BCUT2D eigenvalue weighted by molar-refractivity contribution is 5.66. The molecule has 0 saturated heterocycles. The molecule has 0 unspecified atom stereocenters. The van der Waals surface area contributed by atoms with E-state index in [9.17, 15) is 15.0 Å². The van der Waals surface area contributed by atoms with E-state index >= 15 is 0 Å². The Morgan fingerprint density at radius 2 is 1.72 bits per heavy atom. The zero-order valence-electron chi connectivity index (χ0n) is 16.7. The topological polar surface area (TPSA) is 77.8 Å². The number of aliphatic hydroxyl groups excluding tert-OH is 2. The average molecular weight is 395 g/mol.